The molecule has 0 aliphatic carbocycles. The monoisotopic (exact) mass is 264 g/mol. The number of aliphatic hydroxyl groups is 1. The van der Waals surface area contributed by atoms with E-state index in [1.807, 2.05) is 12.1 Å². The Bertz CT molecular complexity index is 400. The van der Waals surface area contributed by atoms with Crippen molar-refractivity contribution < 1.29 is 14.7 Å². The SMILES string of the molecule is Cc1ccc(OC[C@H](O)C[NH+]2CCCCC2)cc1C. The van der Waals surface area contributed by atoms with E-state index < -0.39 is 0 Å². The Balaban J connectivity index is 1.75. The molecule has 1 saturated heterocycles. The Morgan fingerprint density at radius 3 is 2.58 bits per heavy atom. The summed E-state index contributed by atoms with van der Waals surface area (Å²) < 4.78 is 5.68. The van der Waals surface area contributed by atoms with Gasteiger partial charge in [-0.15, -0.1) is 0 Å². The standard InChI is InChI=1S/C16H25NO2/c1-13-6-7-16(10-14(13)2)19-12-15(18)11-17-8-4-3-5-9-17/h6-7,10,15,18H,3-5,8-9,11-12H2,1-2H3/p+1/t15-/m1/s1. The maximum Gasteiger partial charge on any atom is 0.137 e. The van der Waals surface area contributed by atoms with Crippen LogP contribution >= 0.6 is 0 Å². The molecule has 0 bridgehead atoms. The largest absolute Gasteiger partial charge is 0.491 e. The Morgan fingerprint density at radius 2 is 1.89 bits per heavy atom. The van der Waals surface area contributed by atoms with Gasteiger partial charge in [0.1, 0.15) is 25.0 Å². The number of nitrogens with one attached hydrogen (secondary N) is 1. The first kappa shape index (κ1) is 14.4. The van der Waals surface area contributed by atoms with Crippen LogP contribution in [0.5, 0.6) is 5.75 Å². The second-order valence-corrected chi connectivity index (χ2v) is 5.73. The van der Waals surface area contributed by atoms with Crippen molar-refractivity contribution in [1.29, 1.82) is 0 Å². The molecule has 1 aliphatic heterocycles. The highest BCUT2D eigenvalue weighted by Gasteiger charge is 2.18. The van der Waals surface area contributed by atoms with E-state index in [-0.39, 0.29) is 6.10 Å². The Labute approximate surface area is 116 Å². The first-order valence-electron chi connectivity index (χ1n) is 7.37. The molecule has 0 radical (unpaired) electrons. The van der Waals surface area contributed by atoms with Crippen molar-refractivity contribution in [2.24, 2.45) is 0 Å². The van der Waals surface area contributed by atoms with Crippen molar-refractivity contribution in [2.45, 2.75) is 39.2 Å². The van der Waals surface area contributed by atoms with Gasteiger partial charge in [-0.3, -0.25) is 0 Å². The summed E-state index contributed by atoms with van der Waals surface area (Å²) in [7, 11) is 0. The van der Waals surface area contributed by atoms with Crippen LogP contribution in [-0.4, -0.2) is 37.5 Å². The molecule has 0 amide bonds. The Kier molecular flexibility index (Phi) is 5.23. The number of aliphatic hydroxyl groups excluding tert-OH is 1. The van der Waals surface area contributed by atoms with Crippen LogP contribution in [-0.2, 0) is 0 Å². The predicted octanol–water partition coefficient (Wildman–Crippen LogP) is 1.11. The Hall–Kier alpha value is -1.06. The third-order valence-corrected chi connectivity index (χ3v) is 4.01. The van der Waals surface area contributed by atoms with Crippen molar-refractivity contribution >= 4 is 0 Å². The molecule has 0 unspecified atom stereocenters. The third-order valence-electron chi connectivity index (χ3n) is 4.01. The minimum atomic E-state index is -0.366. The highest BCUT2D eigenvalue weighted by atomic mass is 16.5. The van der Waals surface area contributed by atoms with Gasteiger partial charge in [0.05, 0.1) is 13.1 Å². The topological polar surface area (TPSA) is 33.9 Å². The molecule has 19 heavy (non-hydrogen) atoms. The molecule has 1 fully saturated rings. The van der Waals surface area contributed by atoms with Crippen LogP contribution in [0.1, 0.15) is 30.4 Å². The molecule has 1 aromatic carbocycles. The fraction of sp³-hybridized carbons (Fsp3) is 0.625. The van der Waals surface area contributed by atoms with Crippen LogP contribution in [0.4, 0.5) is 0 Å². The first-order valence-corrected chi connectivity index (χ1v) is 7.37. The number of aryl methyl sites for hydroxylation is 2. The van der Waals surface area contributed by atoms with E-state index in [1.165, 1.54) is 48.4 Å². The average molecular weight is 264 g/mol. The number of likely N-dealkylation sites (tertiary alicyclic amines) is 1. The van der Waals surface area contributed by atoms with E-state index in [4.69, 9.17) is 4.74 Å². The number of hydrogen-bond donors (Lipinski definition) is 2. The van der Waals surface area contributed by atoms with Gasteiger partial charge in [-0.05, 0) is 56.4 Å². The normalized spacial score (nSPS) is 18.3. The highest BCUT2D eigenvalue weighted by molar-refractivity contribution is 5.33. The maximum absolute atomic E-state index is 10.0. The average Bonchev–Trinajstić information content (AvgIpc) is 2.41. The maximum atomic E-state index is 10.0. The summed E-state index contributed by atoms with van der Waals surface area (Å²) in [4.78, 5) is 1.52. The molecule has 0 aromatic heterocycles. The summed E-state index contributed by atoms with van der Waals surface area (Å²) in [6.07, 6.45) is 3.56. The fourth-order valence-electron chi connectivity index (χ4n) is 2.64. The number of ether oxygens (including phenoxy) is 1. The van der Waals surface area contributed by atoms with Gasteiger partial charge < -0.3 is 14.7 Å². The molecule has 2 N–H and O–H groups in total. The quantitative estimate of drug-likeness (QED) is 0.835. The van der Waals surface area contributed by atoms with Gasteiger partial charge in [-0.1, -0.05) is 6.07 Å². The van der Waals surface area contributed by atoms with Crippen molar-refractivity contribution in [3.05, 3.63) is 29.3 Å². The van der Waals surface area contributed by atoms with E-state index in [1.54, 1.807) is 0 Å². The van der Waals surface area contributed by atoms with Crippen LogP contribution < -0.4 is 9.64 Å². The van der Waals surface area contributed by atoms with E-state index >= 15 is 0 Å². The minimum Gasteiger partial charge on any atom is -0.491 e. The molecular weight excluding hydrogens is 238 g/mol. The van der Waals surface area contributed by atoms with Crippen LogP contribution in [0.15, 0.2) is 18.2 Å². The summed E-state index contributed by atoms with van der Waals surface area (Å²) in [6.45, 7) is 7.77. The van der Waals surface area contributed by atoms with Gasteiger partial charge in [-0.2, -0.15) is 0 Å². The smallest absolute Gasteiger partial charge is 0.137 e. The number of benzene rings is 1. The molecule has 3 heteroatoms. The number of hydrogen-bond acceptors (Lipinski definition) is 2. The van der Waals surface area contributed by atoms with E-state index in [0.717, 1.165) is 12.3 Å². The van der Waals surface area contributed by atoms with Crippen LogP contribution in [0, 0.1) is 13.8 Å². The van der Waals surface area contributed by atoms with Gasteiger partial charge >= 0.3 is 0 Å². The molecule has 1 heterocycles. The van der Waals surface area contributed by atoms with Gasteiger partial charge in [0, 0.05) is 0 Å². The van der Waals surface area contributed by atoms with E-state index in [9.17, 15) is 5.11 Å². The molecule has 0 spiro atoms. The molecule has 1 aromatic rings. The number of quaternary nitrogens is 1. The lowest BCUT2D eigenvalue weighted by atomic mass is 10.1. The summed E-state index contributed by atoms with van der Waals surface area (Å²) in [5.74, 6) is 0.857. The van der Waals surface area contributed by atoms with Crippen molar-refractivity contribution in [1.82, 2.24) is 0 Å². The molecule has 106 valence electrons. The minimum absolute atomic E-state index is 0.366. The van der Waals surface area contributed by atoms with Crippen LogP contribution in [0.25, 0.3) is 0 Å². The lowest BCUT2D eigenvalue weighted by Gasteiger charge is -2.25. The lowest BCUT2D eigenvalue weighted by molar-refractivity contribution is -0.908. The van der Waals surface area contributed by atoms with Crippen molar-refractivity contribution in [3.63, 3.8) is 0 Å². The molecule has 0 saturated carbocycles. The van der Waals surface area contributed by atoms with E-state index in [0.29, 0.717) is 6.61 Å². The lowest BCUT2D eigenvalue weighted by Crippen LogP contribution is -3.14. The van der Waals surface area contributed by atoms with Gasteiger partial charge in [0.2, 0.25) is 0 Å². The van der Waals surface area contributed by atoms with Crippen LogP contribution in [0.2, 0.25) is 0 Å². The van der Waals surface area contributed by atoms with E-state index in [2.05, 4.69) is 19.9 Å². The highest BCUT2D eigenvalue weighted by Crippen LogP contribution is 2.16. The summed E-state index contributed by atoms with van der Waals surface area (Å²) in [5.41, 5.74) is 2.50. The zero-order chi connectivity index (χ0) is 13.7. The summed E-state index contributed by atoms with van der Waals surface area (Å²) in [6, 6.07) is 6.07. The molecule has 1 aliphatic rings. The summed E-state index contributed by atoms with van der Waals surface area (Å²) in [5, 5.41) is 10.0. The number of piperidine rings is 1. The van der Waals surface area contributed by atoms with Crippen molar-refractivity contribution in [2.75, 3.05) is 26.2 Å². The third kappa shape index (κ3) is 4.51. The van der Waals surface area contributed by atoms with Gasteiger partial charge in [-0.25, -0.2) is 0 Å². The number of rotatable bonds is 5. The predicted molar refractivity (Wildman–Crippen MR) is 76.8 cm³/mol. The van der Waals surface area contributed by atoms with Gasteiger partial charge in [0.15, 0.2) is 0 Å². The second-order valence-electron chi connectivity index (χ2n) is 5.73. The Morgan fingerprint density at radius 1 is 1.16 bits per heavy atom. The molecule has 1 atom stereocenters. The van der Waals surface area contributed by atoms with Crippen LogP contribution in [0.3, 0.4) is 0 Å². The van der Waals surface area contributed by atoms with Crippen molar-refractivity contribution in [3.8, 4) is 5.75 Å². The van der Waals surface area contributed by atoms with Gasteiger partial charge in [0.25, 0.3) is 0 Å². The zero-order valence-corrected chi connectivity index (χ0v) is 12.1. The summed E-state index contributed by atoms with van der Waals surface area (Å²) >= 11 is 0. The molecular formula is C16H26NO2+. The zero-order valence-electron chi connectivity index (χ0n) is 12.1. The fourth-order valence-corrected chi connectivity index (χ4v) is 2.64. The first-order chi connectivity index (χ1) is 9.15. The molecule has 2 rings (SSSR count). The second kappa shape index (κ2) is 6.92. The molecule has 3 nitrogen and oxygen atoms in total.